The molecule has 1 amide bonds. The van der Waals surface area contributed by atoms with Gasteiger partial charge in [0.1, 0.15) is 23.7 Å². The van der Waals surface area contributed by atoms with Crippen LogP contribution >= 0.6 is 0 Å². The van der Waals surface area contributed by atoms with E-state index in [0.717, 1.165) is 6.92 Å². The van der Waals surface area contributed by atoms with Crippen LogP contribution in [0.3, 0.4) is 0 Å². The third-order valence-corrected chi connectivity index (χ3v) is 12.4. The lowest BCUT2D eigenvalue weighted by Crippen LogP contribution is -2.61. The minimum atomic E-state index is -3.20. The molecule has 3 saturated heterocycles. The highest BCUT2D eigenvalue weighted by molar-refractivity contribution is 6.08. The fraction of sp³-hybridized carbons (Fsp3) is 0.707. The third-order valence-electron chi connectivity index (χ3n) is 12.4. The van der Waals surface area contributed by atoms with Gasteiger partial charge in [0, 0.05) is 43.6 Å². The number of esters is 1. The zero-order chi connectivity index (χ0) is 43.6. The lowest BCUT2D eigenvalue weighted by Gasteiger charge is -2.47. The van der Waals surface area contributed by atoms with Crippen molar-refractivity contribution in [3.8, 4) is 11.5 Å². The number of alkyl halides is 1. The second-order valence-corrected chi connectivity index (χ2v) is 16.9. The molecule has 13 atom stereocenters. The lowest BCUT2D eigenvalue weighted by atomic mass is 9.73. The number of hydrogen-bond acceptors (Lipinski definition) is 15. The molecule has 2 aromatic rings. The average Bonchev–Trinajstić information content (AvgIpc) is 3.78. The molecule has 18 heteroatoms. The summed E-state index contributed by atoms with van der Waals surface area (Å²) in [6, 6.07) is 3.99. The van der Waals surface area contributed by atoms with Crippen molar-refractivity contribution in [1.29, 1.82) is 0 Å². The van der Waals surface area contributed by atoms with Crippen LogP contribution in [0.2, 0.25) is 0 Å². The number of cyclic esters (lactones) is 1. The molecule has 5 heterocycles. The molecule has 3 aliphatic heterocycles. The van der Waals surface area contributed by atoms with Gasteiger partial charge in [-0.15, -0.1) is 5.10 Å². The highest BCUT2D eigenvalue weighted by atomic mass is 19.1. The summed E-state index contributed by atoms with van der Waals surface area (Å²) < 4.78 is 48.9. The van der Waals surface area contributed by atoms with Crippen molar-refractivity contribution in [2.24, 2.45) is 17.8 Å². The first-order valence-electron chi connectivity index (χ1n) is 20.2. The SMILES string of the molecule is CC[C@H]1OC(=O)[C@@](C)(F)C(=O)[C@H](C)[C@@H](O[C@@H]2O[C@H](C)CC(N(C)C)C2O)[C@](C)(OC)C[C@@H](C)C(=O)[C@H](C)[C@H]2N(C/C=C/Cn3nnnc3-c3ccccn3)C(=O)O[C@]12C. The monoisotopic (exact) mass is 829 g/mol. The van der Waals surface area contributed by atoms with Gasteiger partial charge in [0.2, 0.25) is 5.82 Å². The zero-order valence-electron chi connectivity index (χ0n) is 35.9. The summed E-state index contributed by atoms with van der Waals surface area (Å²) >= 11 is 0. The van der Waals surface area contributed by atoms with Crippen molar-refractivity contribution < 1.29 is 52.4 Å². The number of ether oxygens (including phenoxy) is 5. The minimum Gasteiger partial charge on any atom is -0.455 e. The van der Waals surface area contributed by atoms with Gasteiger partial charge in [-0.2, -0.15) is 0 Å². The molecule has 3 aliphatic rings. The number of aliphatic hydroxyl groups is 1. The lowest BCUT2D eigenvalue weighted by molar-refractivity contribution is -0.295. The van der Waals surface area contributed by atoms with Crippen LogP contribution in [0.25, 0.3) is 11.5 Å². The van der Waals surface area contributed by atoms with Crippen molar-refractivity contribution in [2.45, 2.75) is 141 Å². The Bertz CT molecular complexity index is 1850. The summed E-state index contributed by atoms with van der Waals surface area (Å²) in [5, 5.41) is 23.3. The molecule has 1 N–H and O–H groups in total. The fourth-order valence-electron chi connectivity index (χ4n) is 9.04. The first-order chi connectivity index (χ1) is 27.7. The number of carbonyl (C=O) groups excluding carboxylic acids is 4. The Hall–Kier alpha value is -4.23. The zero-order valence-corrected chi connectivity index (χ0v) is 35.9. The standard InChI is InChI=1S/C41H60FN7O10/c1-12-29-41(8)32(48(38(54)59-41)19-15-16-20-49-35(44-45-46-49)27-17-13-14-18-43-27)25(4)30(50)23(2)22-39(6,55-11)34(26(5)33(52)40(7,42)37(53)57-29)58-36-31(51)28(47(9)10)21-24(3)56-36/h13-18,23-26,28-29,31-32,34,36,51H,12,19-22H2,1-11H3/b16-15+/t23-,24-,25+,26+,28?,29-,31?,32-,34-,36+,39-,40+,41-/m1/s1. The van der Waals surface area contributed by atoms with Gasteiger partial charge in [0.25, 0.3) is 5.67 Å². The predicted molar refractivity (Wildman–Crippen MR) is 210 cm³/mol. The summed E-state index contributed by atoms with van der Waals surface area (Å²) in [6.45, 7) is 12.5. The van der Waals surface area contributed by atoms with Crippen LogP contribution in [0.15, 0.2) is 36.5 Å². The highest BCUT2D eigenvalue weighted by Gasteiger charge is 2.61. The number of aromatic nitrogens is 5. The number of tetrazole rings is 1. The summed E-state index contributed by atoms with van der Waals surface area (Å²) in [4.78, 5) is 64.2. The van der Waals surface area contributed by atoms with Crippen molar-refractivity contribution >= 4 is 23.6 Å². The topological polar surface area (TPSA) is 198 Å². The number of rotatable bonds is 10. The van der Waals surface area contributed by atoms with Gasteiger partial charge in [-0.25, -0.2) is 18.7 Å². The Balaban J connectivity index is 1.51. The molecular formula is C41H60FN7O10. The average molecular weight is 830 g/mol. The number of Topliss-reactive ketones (excluding diaryl/α,β-unsaturated/α-hetero) is 2. The Morgan fingerprint density at radius 3 is 2.37 bits per heavy atom. The predicted octanol–water partition coefficient (Wildman–Crippen LogP) is 3.59. The minimum absolute atomic E-state index is 0.0187. The van der Waals surface area contributed by atoms with Gasteiger partial charge >= 0.3 is 12.1 Å². The van der Waals surface area contributed by atoms with E-state index in [4.69, 9.17) is 23.7 Å². The van der Waals surface area contributed by atoms with Gasteiger partial charge in [-0.05, 0) is 83.6 Å². The van der Waals surface area contributed by atoms with E-state index in [9.17, 15) is 24.3 Å². The maximum Gasteiger partial charge on any atom is 0.411 e. The third kappa shape index (κ3) is 9.11. The maximum atomic E-state index is 16.9. The number of methoxy groups -OCH3 is 1. The molecule has 0 bridgehead atoms. The molecule has 0 aromatic carbocycles. The first-order valence-corrected chi connectivity index (χ1v) is 20.2. The number of hydrogen-bond donors (Lipinski definition) is 1. The van der Waals surface area contributed by atoms with Gasteiger partial charge in [-0.1, -0.05) is 45.9 Å². The summed E-state index contributed by atoms with van der Waals surface area (Å²) in [5.41, 5.74) is -5.75. The Kier molecular flexibility index (Phi) is 14.1. The number of fused-ring (bicyclic) bond motifs is 1. The number of carbonyl (C=O) groups is 4. The molecule has 326 valence electrons. The highest BCUT2D eigenvalue weighted by Crippen LogP contribution is 2.43. The number of aliphatic hydroxyl groups excluding tert-OH is 1. The van der Waals surface area contributed by atoms with Crippen molar-refractivity contribution in [1.82, 2.24) is 35.0 Å². The van der Waals surface area contributed by atoms with Crippen LogP contribution < -0.4 is 0 Å². The number of pyridine rings is 1. The first kappa shape index (κ1) is 45.8. The van der Waals surface area contributed by atoms with Gasteiger partial charge in [0.15, 0.2) is 17.7 Å². The molecule has 2 unspecified atom stereocenters. The molecular weight excluding hydrogens is 769 g/mol. The second kappa shape index (κ2) is 18.2. The van der Waals surface area contributed by atoms with Crippen LogP contribution in [0.4, 0.5) is 9.18 Å². The van der Waals surface area contributed by atoms with Crippen molar-refractivity contribution in [3.05, 3.63) is 36.5 Å². The van der Waals surface area contributed by atoms with Crippen LogP contribution in [-0.4, -0.2) is 151 Å². The van der Waals surface area contributed by atoms with E-state index >= 15 is 4.39 Å². The van der Waals surface area contributed by atoms with E-state index in [1.165, 1.54) is 23.6 Å². The Labute approximate surface area is 344 Å². The van der Waals surface area contributed by atoms with Crippen LogP contribution in [-0.2, 0) is 44.6 Å². The number of halogens is 1. The van der Waals surface area contributed by atoms with E-state index in [2.05, 4.69) is 20.5 Å². The van der Waals surface area contributed by atoms with E-state index in [0.29, 0.717) is 17.9 Å². The molecule has 5 rings (SSSR count). The molecule has 59 heavy (non-hydrogen) atoms. The molecule has 2 aromatic heterocycles. The molecule has 3 fully saturated rings. The molecule has 0 radical (unpaired) electrons. The number of allylic oxidation sites excluding steroid dienone is 1. The fourth-order valence-corrected chi connectivity index (χ4v) is 9.04. The summed E-state index contributed by atoms with van der Waals surface area (Å²) in [6.07, 6.45) is -0.543. The van der Waals surface area contributed by atoms with Crippen LogP contribution in [0.1, 0.15) is 74.7 Å². The van der Waals surface area contributed by atoms with E-state index in [1.807, 2.05) is 32.0 Å². The van der Waals surface area contributed by atoms with Crippen molar-refractivity contribution in [2.75, 3.05) is 27.7 Å². The van der Waals surface area contributed by atoms with Gasteiger partial charge in [0.05, 0.1) is 30.4 Å². The Morgan fingerprint density at radius 2 is 1.75 bits per heavy atom. The Morgan fingerprint density at radius 1 is 1.05 bits per heavy atom. The molecule has 0 saturated carbocycles. The van der Waals surface area contributed by atoms with Crippen molar-refractivity contribution in [3.63, 3.8) is 0 Å². The summed E-state index contributed by atoms with van der Waals surface area (Å²) in [5.74, 6) is -5.55. The van der Waals surface area contributed by atoms with Crippen LogP contribution in [0.5, 0.6) is 0 Å². The molecule has 17 nitrogen and oxygen atoms in total. The largest absolute Gasteiger partial charge is 0.455 e. The van der Waals surface area contributed by atoms with E-state index in [-0.39, 0.29) is 43.9 Å². The number of nitrogens with zero attached hydrogens (tertiary/aromatic N) is 7. The second-order valence-electron chi connectivity index (χ2n) is 16.9. The van der Waals surface area contributed by atoms with Crippen LogP contribution in [0, 0.1) is 17.8 Å². The summed E-state index contributed by atoms with van der Waals surface area (Å²) in [7, 11) is 5.02. The number of ketones is 2. The number of likely N-dealkylation sites (N-methyl/N-ethyl adjacent to an activating group) is 1. The number of amides is 1. The van der Waals surface area contributed by atoms with Gasteiger partial charge in [-0.3, -0.25) is 19.5 Å². The molecule has 0 spiro atoms. The van der Waals surface area contributed by atoms with E-state index < -0.39 is 83.1 Å². The maximum absolute atomic E-state index is 16.9. The smallest absolute Gasteiger partial charge is 0.411 e. The molecule has 0 aliphatic carbocycles. The normalized spacial score (nSPS) is 37.7. The quantitative estimate of drug-likeness (QED) is 0.207. The van der Waals surface area contributed by atoms with E-state index in [1.54, 1.807) is 65.1 Å². The van der Waals surface area contributed by atoms with Gasteiger partial charge < -0.3 is 33.7 Å².